The predicted octanol–water partition coefficient (Wildman–Crippen LogP) is 4.74. The maximum absolute atomic E-state index is 12.3. The van der Waals surface area contributed by atoms with Crippen LogP contribution in [-0.4, -0.2) is 45.7 Å². The highest BCUT2D eigenvalue weighted by Gasteiger charge is 2.38. The summed E-state index contributed by atoms with van der Waals surface area (Å²) in [5.74, 6) is -0.797. The number of alkyl carbamates (subject to hydrolysis) is 1. The van der Waals surface area contributed by atoms with Gasteiger partial charge in [-0.1, -0.05) is 34.6 Å². The summed E-state index contributed by atoms with van der Waals surface area (Å²) >= 11 is 0. The van der Waals surface area contributed by atoms with Crippen molar-refractivity contribution in [2.24, 2.45) is 11.8 Å². The third-order valence-electron chi connectivity index (χ3n) is 5.03. The van der Waals surface area contributed by atoms with Gasteiger partial charge in [0.05, 0.1) is 13.0 Å². The Morgan fingerprint density at radius 3 is 1.93 bits per heavy atom. The van der Waals surface area contributed by atoms with Gasteiger partial charge in [0.25, 0.3) is 0 Å². The van der Waals surface area contributed by atoms with Crippen molar-refractivity contribution in [3.8, 4) is 0 Å². The molecule has 0 aliphatic carbocycles. The summed E-state index contributed by atoms with van der Waals surface area (Å²) in [6.07, 6.45) is -0.0154. The summed E-state index contributed by atoms with van der Waals surface area (Å²) < 4.78 is 16.6. The molecule has 0 aromatic carbocycles. The van der Waals surface area contributed by atoms with E-state index in [9.17, 15) is 9.59 Å². The molecule has 0 fully saturated rings. The van der Waals surface area contributed by atoms with E-state index in [1.54, 1.807) is 0 Å². The monoisotopic (exact) mass is 403 g/mol. The van der Waals surface area contributed by atoms with Crippen LogP contribution in [0.15, 0.2) is 0 Å². The zero-order valence-corrected chi connectivity index (χ0v) is 20.2. The first-order valence-corrected chi connectivity index (χ1v) is 12.6. The maximum atomic E-state index is 12.3. The molecule has 0 heterocycles. The van der Waals surface area contributed by atoms with Crippen LogP contribution in [0.3, 0.4) is 0 Å². The lowest BCUT2D eigenvalue weighted by molar-refractivity contribution is -0.148. The molecule has 0 unspecified atom stereocenters. The van der Waals surface area contributed by atoms with Gasteiger partial charge < -0.3 is 19.2 Å². The standard InChI is InChI=1S/C20H41NO5Si/c1-14(2)16(17(22)24-9)15(21-18(23)26-19(3,4)5)12-13-25-27(10,11)20(6,7)8/h14-16H,12-13H2,1-11H3,(H,21,23)/t15-,16-/m0/s1. The van der Waals surface area contributed by atoms with E-state index in [0.29, 0.717) is 13.0 Å². The van der Waals surface area contributed by atoms with Gasteiger partial charge in [-0.15, -0.1) is 0 Å². The number of carbonyl (C=O) groups is 2. The van der Waals surface area contributed by atoms with Crippen LogP contribution in [0.2, 0.25) is 18.1 Å². The highest BCUT2D eigenvalue weighted by Crippen LogP contribution is 2.36. The van der Waals surface area contributed by atoms with Crippen molar-refractivity contribution >= 4 is 20.4 Å². The van der Waals surface area contributed by atoms with Crippen molar-refractivity contribution in [2.75, 3.05) is 13.7 Å². The first-order chi connectivity index (χ1) is 12.0. The summed E-state index contributed by atoms with van der Waals surface area (Å²) in [4.78, 5) is 24.6. The molecule has 7 heteroatoms. The lowest BCUT2D eigenvalue weighted by Gasteiger charge is -2.37. The number of esters is 1. The quantitative estimate of drug-likeness (QED) is 0.468. The Morgan fingerprint density at radius 1 is 1.04 bits per heavy atom. The Balaban J connectivity index is 5.29. The number of nitrogens with one attached hydrogen (secondary N) is 1. The molecule has 0 aromatic heterocycles. The van der Waals surface area contributed by atoms with Gasteiger partial charge in [0.15, 0.2) is 8.32 Å². The summed E-state index contributed by atoms with van der Waals surface area (Å²) in [6.45, 7) is 20.7. The molecule has 2 atom stereocenters. The fraction of sp³-hybridized carbons (Fsp3) is 0.900. The smallest absolute Gasteiger partial charge is 0.407 e. The Hall–Kier alpha value is -1.08. The van der Waals surface area contributed by atoms with Crippen LogP contribution in [0.1, 0.15) is 61.8 Å². The molecule has 0 aliphatic rings. The number of ether oxygens (including phenoxy) is 2. The summed E-state index contributed by atoms with van der Waals surface area (Å²) in [5.41, 5.74) is -0.606. The van der Waals surface area contributed by atoms with Gasteiger partial charge in [-0.05, 0) is 51.2 Å². The van der Waals surface area contributed by atoms with Crippen molar-refractivity contribution in [1.82, 2.24) is 5.32 Å². The van der Waals surface area contributed by atoms with Crippen LogP contribution in [0, 0.1) is 11.8 Å². The van der Waals surface area contributed by atoms with Gasteiger partial charge in [0, 0.05) is 12.6 Å². The summed E-state index contributed by atoms with van der Waals surface area (Å²) in [6, 6.07) is -0.419. The van der Waals surface area contributed by atoms with Crippen molar-refractivity contribution in [1.29, 1.82) is 0 Å². The minimum atomic E-state index is -1.91. The molecule has 0 aromatic rings. The second kappa shape index (κ2) is 9.91. The largest absolute Gasteiger partial charge is 0.469 e. The van der Waals surface area contributed by atoms with Crippen LogP contribution in [0.25, 0.3) is 0 Å². The number of methoxy groups -OCH3 is 1. The normalized spacial score (nSPS) is 15.3. The van der Waals surface area contributed by atoms with Crippen molar-refractivity contribution in [3.63, 3.8) is 0 Å². The van der Waals surface area contributed by atoms with E-state index in [4.69, 9.17) is 13.9 Å². The van der Waals surface area contributed by atoms with Crippen LogP contribution in [0.4, 0.5) is 4.79 Å². The molecule has 0 spiro atoms. The van der Waals surface area contributed by atoms with Crippen LogP contribution in [0.5, 0.6) is 0 Å². The fourth-order valence-corrected chi connectivity index (χ4v) is 3.56. The SMILES string of the molecule is COC(=O)[C@@H](C(C)C)[C@H](CCO[Si](C)(C)C(C)(C)C)NC(=O)OC(C)(C)C. The molecule has 0 saturated heterocycles. The molecule has 0 rings (SSSR count). The number of hydrogen-bond donors (Lipinski definition) is 1. The Kier molecular flexibility index (Phi) is 9.52. The van der Waals surface area contributed by atoms with E-state index >= 15 is 0 Å². The second-order valence-corrected chi connectivity index (χ2v) is 14.8. The van der Waals surface area contributed by atoms with Crippen LogP contribution in [-0.2, 0) is 18.7 Å². The molecule has 6 nitrogen and oxygen atoms in total. The molecule has 0 bridgehead atoms. The molecular formula is C20H41NO5Si. The number of amides is 1. The topological polar surface area (TPSA) is 73.9 Å². The van der Waals surface area contributed by atoms with E-state index in [2.05, 4.69) is 39.2 Å². The molecular weight excluding hydrogens is 362 g/mol. The van der Waals surface area contributed by atoms with Gasteiger partial charge in [-0.25, -0.2) is 4.79 Å². The summed E-state index contributed by atoms with van der Waals surface area (Å²) in [5, 5.41) is 2.97. The van der Waals surface area contributed by atoms with E-state index in [0.717, 1.165) is 0 Å². The first kappa shape index (κ1) is 25.9. The third-order valence-corrected chi connectivity index (χ3v) is 9.56. The average Bonchev–Trinajstić information content (AvgIpc) is 2.42. The van der Waals surface area contributed by atoms with Crippen LogP contribution >= 0.6 is 0 Å². The third kappa shape index (κ3) is 9.10. The molecule has 27 heavy (non-hydrogen) atoms. The first-order valence-electron chi connectivity index (χ1n) is 9.73. The predicted molar refractivity (Wildman–Crippen MR) is 111 cm³/mol. The number of carbonyl (C=O) groups excluding carboxylic acids is 2. The Morgan fingerprint density at radius 2 is 1.56 bits per heavy atom. The Bertz CT molecular complexity index is 492. The molecule has 1 amide bonds. The maximum Gasteiger partial charge on any atom is 0.407 e. The van der Waals surface area contributed by atoms with E-state index in [1.165, 1.54) is 7.11 Å². The average molecular weight is 404 g/mol. The highest BCUT2D eigenvalue weighted by atomic mass is 28.4. The van der Waals surface area contributed by atoms with Crippen molar-refractivity contribution in [2.45, 2.75) is 91.6 Å². The molecule has 0 aliphatic heterocycles. The van der Waals surface area contributed by atoms with Gasteiger partial charge in [-0.3, -0.25) is 4.79 Å². The van der Waals surface area contributed by atoms with Gasteiger partial charge in [0.1, 0.15) is 5.60 Å². The number of hydrogen-bond acceptors (Lipinski definition) is 5. The van der Waals surface area contributed by atoms with Crippen molar-refractivity contribution in [3.05, 3.63) is 0 Å². The lowest BCUT2D eigenvalue weighted by atomic mass is 9.87. The zero-order chi connectivity index (χ0) is 21.6. The van der Waals surface area contributed by atoms with Gasteiger partial charge in [-0.2, -0.15) is 0 Å². The van der Waals surface area contributed by atoms with Gasteiger partial charge in [0.2, 0.25) is 0 Å². The highest BCUT2D eigenvalue weighted by molar-refractivity contribution is 6.74. The van der Waals surface area contributed by atoms with Gasteiger partial charge >= 0.3 is 12.1 Å². The van der Waals surface area contributed by atoms with E-state index in [-0.39, 0.29) is 16.9 Å². The lowest BCUT2D eigenvalue weighted by Crippen LogP contribution is -2.49. The summed E-state index contributed by atoms with van der Waals surface area (Å²) in [7, 11) is -0.538. The van der Waals surface area contributed by atoms with Crippen molar-refractivity contribution < 1.29 is 23.5 Å². The minimum absolute atomic E-state index is 0.00487. The molecule has 0 radical (unpaired) electrons. The van der Waals surface area contributed by atoms with E-state index < -0.39 is 32.0 Å². The minimum Gasteiger partial charge on any atom is -0.469 e. The fourth-order valence-electron chi connectivity index (χ4n) is 2.50. The Labute approximate surface area is 166 Å². The second-order valence-electron chi connectivity index (χ2n) is 9.94. The van der Waals surface area contributed by atoms with Crippen LogP contribution < -0.4 is 5.32 Å². The van der Waals surface area contributed by atoms with E-state index in [1.807, 2.05) is 34.6 Å². The molecule has 160 valence electrons. The molecule has 0 saturated carbocycles. The zero-order valence-electron chi connectivity index (χ0n) is 19.2. The molecule has 1 N–H and O–H groups in total. The number of rotatable bonds is 8.